The number of aromatic nitrogens is 2. The molecule has 4 aliphatic rings. The molecule has 1 aromatic heterocycles. The second kappa shape index (κ2) is 7.81. The van der Waals surface area contributed by atoms with Gasteiger partial charge in [-0.25, -0.2) is 9.97 Å². The summed E-state index contributed by atoms with van der Waals surface area (Å²) in [6.07, 6.45) is 12.9. The Morgan fingerprint density at radius 3 is 2.73 bits per heavy atom. The molecule has 1 aliphatic heterocycles. The van der Waals surface area contributed by atoms with E-state index in [1.807, 2.05) is 18.9 Å². The van der Waals surface area contributed by atoms with Gasteiger partial charge in [-0.3, -0.25) is 9.59 Å². The van der Waals surface area contributed by atoms with E-state index >= 15 is 0 Å². The van der Waals surface area contributed by atoms with Gasteiger partial charge in [-0.05, 0) is 80.6 Å². The van der Waals surface area contributed by atoms with Crippen molar-refractivity contribution in [1.29, 1.82) is 0 Å². The van der Waals surface area contributed by atoms with Gasteiger partial charge in [-0.15, -0.1) is 0 Å². The number of nitrogens with two attached hydrogens (primary N) is 1. The molecule has 1 aromatic rings. The summed E-state index contributed by atoms with van der Waals surface area (Å²) < 4.78 is 0. The topological polar surface area (TPSA) is 101 Å². The monoisotopic (exact) mass is 451 g/mol. The van der Waals surface area contributed by atoms with Gasteiger partial charge < -0.3 is 16.0 Å². The molecule has 7 nitrogen and oxygen atoms in total. The van der Waals surface area contributed by atoms with E-state index in [0.717, 1.165) is 19.3 Å². The molecule has 0 unspecified atom stereocenters. The third-order valence-corrected chi connectivity index (χ3v) is 10.1. The van der Waals surface area contributed by atoms with Crippen LogP contribution in [-0.2, 0) is 9.59 Å². The van der Waals surface area contributed by atoms with E-state index in [0.29, 0.717) is 53.3 Å². The largest absolute Gasteiger partial charge is 0.382 e. The fourth-order valence-corrected chi connectivity index (χ4v) is 8.24. The van der Waals surface area contributed by atoms with Gasteiger partial charge in [0.2, 0.25) is 11.8 Å². The highest BCUT2D eigenvalue weighted by molar-refractivity contribution is 5.94. The van der Waals surface area contributed by atoms with Crippen LogP contribution in [0, 0.1) is 41.4 Å². The van der Waals surface area contributed by atoms with Crippen molar-refractivity contribution in [3.63, 3.8) is 0 Å². The zero-order valence-corrected chi connectivity index (χ0v) is 20.3. The number of carbonyl (C=O) groups is 2. The van der Waals surface area contributed by atoms with Crippen LogP contribution in [0.15, 0.2) is 18.5 Å². The van der Waals surface area contributed by atoms with Crippen molar-refractivity contribution in [2.75, 3.05) is 18.1 Å². The number of likely N-dealkylation sites (N-methyl/N-ethyl adjacent to an activating group) is 1. The SMILES string of the molecule is Cc1ncnc(N)c1NC(=O)C[C@H]1CC[C@H]2[C@@H]3CC[C@H]4N(C)C(=O)C=C[C@]4(C)[C@H]3CC[C@]12C. The van der Waals surface area contributed by atoms with Crippen LogP contribution in [0.4, 0.5) is 11.5 Å². The molecule has 33 heavy (non-hydrogen) atoms. The molecule has 5 rings (SSSR count). The summed E-state index contributed by atoms with van der Waals surface area (Å²) in [4.78, 5) is 35.5. The average molecular weight is 452 g/mol. The maximum atomic E-state index is 13.0. The number of nitrogen functional groups attached to an aromatic ring is 1. The molecule has 0 spiro atoms. The van der Waals surface area contributed by atoms with Crippen molar-refractivity contribution in [3.8, 4) is 0 Å². The van der Waals surface area contributed by atoms with Gasteiger partial charge in [0.25, 0.3) is 0 Å². The van der Waals surface area contributed by atoms with Gasteiger partial charge in [-0.1, -0.05) is 19.9 Å². The molecule has 0 saturated heterocycles. The second-order valence-electron chi connectivity index (χ2n) is 11.4. The molecule has 3 N–H and O–H groups in total. The van der Waals surface area contributed by atoms with E-state index in [1.165, 1.54) is 25.6 Å². The van der Waals surface area contributed by atoms with Crippen molar-refractivity contribution < 1.29 is 9.59 Å². The summed E-state index contributed by atoms with van der Waals surface area (Å²) in [5.41, 5.74) is 7.46. The Hall–Kier alpha value is -2.44. The van der Waals surface area contributed by atoms with Crippen LogP contribution in [0.3, 0.4) is 0 Å². The normalized spacial score (nSPS) is 39.6. The molecular formula is C26H37N5O2. The molecular weight excluding hydrogens is 414 g/mol. The molecule has 7 heteroatoms. The van der Waals surface area contributed by atoms with Crippen LogP contribution in [0.2, 0.25) is 0 Å². The summed E-state index contributed by atoms with van der Waals surface area (Å²) in [5.74, 6) is 2.78. The first-order valence-corrected chi connectivity index (χ1v) is 12.5. The molecule has 178 valence electrons. The lowest BCUT2D eigenvalue weighted by atomic mass is 9.47. The van der Waals surface area contributed by atoms with Crippen LogP contribution in [0.1, 0.15) is 64.5 Å². The number of hydrogen-bond acceptors (Lipinski definition) is 5. The van der Waals surface area contributed by atoms with Crippen molar-refractivity contribution >= 4 is 23.3 Å². The third kappa shape index (κ3) is 3.38. The zero-order valence-electron chi connectivity index (χ0n) is 20.3. The van der Waals surface area contributed by atoms with Gasteiger partial charge in [0.05, 0.1) is 5.69 Å². The van der Waals surface area contributed by atoms with Crippen molar-refractivity contribution in [2.45, 2.75) is 71.8 Å². The van der Waals surface area contributed by atoms with Crippen molar-refractivity contribution in [2.24, 2.45) is 34.5 Å². The lowest BCUT2D eigenvalue weighted by Crippen LogP contribution is -2.59. The molecule has 0 radical (unpaired) electrons. The Morgan fingerprint density at radius 1 is 1.18 bits per heavy atom. The van der Waals surface area contributed by atoms with Crippen LogP contribution < -0.4 is 11.1 Å². The van der Waals surface area contributed by atoms with Crippen molar-refractivity contribution in [3.05, 3.63) is 24.2 Å². The van der Waals surface area contributed by atoms with Gasteiger partial charge in [0.1, 0.15) is 12.0 Å². The lowest BCUT2D eigenvalue weighted by Gasteiger charge is -2.60. The van der Waals surface area contributed by atoms with E-state index in [2.05, 4.69) is 35.2 Å². The van der Waals surface area contributed by atoms with E-state index < -0.39 is 0 Å². The minimum Gasteiger partial charge on any atom is -0.382 e. The number of anilines is 2. The summed E-state index contributed by atoms with van der Waals surface area (Å²) in [5, 5.41) is 2.99. The Morgan fingerprint density at radius 2 is 1.97 bits per heavy atom. The van der Waals surface area contributed by atoms with Crippen LogP contribution >= 0.6 is 0 Å². The van der Waals surface area contributed by atoms with Gasteiger partial charge in [0, 0.05) is 24.9 Å². The number of rotatable bonds is 3. The number of nitrogens with one attached hydrogen (secondary N) is 1. The van der Waals surface area contributed by atoms with Gasteiger partial charge in [-0.2, -0.15) is 0 Å². The molecule has 3 fully saturated rings. The predicted octanol–water partition coefficient (Wildman–Crippen LogP) is 3.95. The first kappa shape index (κ1) is 22.4. The first-order chi connectivity index (χ1) is 15.6. The first-order valence-electron chi connectivity index (χ1n) is 12.5. The van der Waals surface area contributed by atoms with Gasteiger partial charge >= 0.3 is 0 Å². The summed E-state index contributed by atoms with van der Waals surface area (Å²) in [6, 6.07) is 0.311. The summed E-state index contributed by atoms with van der Waals surface area (Å²) in [7, 11) is 1.97. The maximum Gasteiger partial charge on any atom is 0.246 e. The Labute approximate surface area is 196 Å². The summed E-state index contributed by atoms with van der Waals surface area (Å²) >= 11 is 0. The highest BCUT2D eigenvalue weighted by Gasteiger charge is 2.60. The number of nitrogens with zero attached hydrogens (tertiary/aromatic N) is 3. The highest BCUT2D eigenvalue weighted by atomic mass is 16.2. The van der Waals surface area contributed by atoms with Crippen LogP contribution in [0.25, 0.3) is 0 Å². The van der Waals surface area contributed by atoms with Gasteiger partial charge in [0.15, 0.2) is 5.82 Å². The molecule has 2 heterocycles. The molecule has 0 aromatic carbocycles. The lowest BCUT2D eigenvalue weighted by molar-refractivity contribution is -0.139. The number of hydrogen-bond donors (Lipinski definition) is 2. The molecule has 0 bridgehead atoms. The van der Waals surface area contributed by atoms with Crippen LogP contribution in [-0.4, -0.2) is 39.8 Å². The molecule has 2 amide bonds. The van der Waals surface area contributed by atoms with E-state index in [1.54, 1.807) is 6.08 Å². The Bertz CT molecular complexity index is 988. The van der Waals surface area contributed by atoms with E-state index in [-0.39, 0.29) is 22.6 Å². The minimum absolute atomic E-state index is 0.0135. The Balaban J connectivity index is 1.32. The summed E-state index contributed by atoms with van der Waals surface area (Å²) in [6.45, 7) is 6.65. The quantitative estimate of drug-likeness (QED) is 0.725. The predicted molar refractivity (Wildman–Crippen MR) is 128 cm³/mol. The Kier molecular flexibility index (Phi) is 5.29. The van der Waals surface area contributed by atoms with E-state index in [9.17, 15) is 9.59 Å². The average Bonchev–Trinajstić information content (AvgIpc) is 3.10. The maximum absolute atomic E-state index is 13.0. The fourth-order valence-electron chi connectivity index (χ4n) is 8.24. The fraction of sp³-hybridized carbons (Fsp3) is 0.692. The van der Waals surface area contributed by atoms with E-state index in [4.69, 9.17) is 5.73 Å². The standard InChI is InChI=1S/C26H37N5O2/c1-15-23(24(27)29-14-28-15)30-21(32)13-16-5-7-18-17-6-8-20-26(3,12-10-22(33)31(20)4)19(17)9-11-25(16,18)2/h10,12,14,16-20H,5-9,11,13H2,1-4H3,(H,30,32)(H2,27,28,29)/t16-,17+,18+,19+,20-,25-,26-/m1/s1. The number of fused-ring (bicyclic) bond motifs is 5. The highest BCUT2D eigenvalue weighted by Crippen LogP contribution is 2.66. The smallest absolute Gasteiger partial charge is 0.246 e. The third-order valence-electron chi connectivity index (χ3n) is 10.1. The number of aryl methyl sites for hydroxylation is 1. The van der Waals surface area contributed by atoms with Crippen LogP contribution in [0.5, 0.6) is 0 Å². The number of carbonyl (C=O) groups excluding carboxylic acids is 2. The second-order valence-corrected chi connectivity index (χ2v) is 11.4. The number of amides is 2. The minimum atomic E-state index is 0.0135. The van der Waals surface area contributed by atoms with Crippen molar-refractivity contribution in [1.82, 2.24) is 14.9 Å². The zero-order chi connectivity index (χ0) is 23.5. The molecule has 3 saturated carbocycles. The molecule has 7 atom stereocenters. The molecule has 3 aliphatic carbocycles.